The van der Waals surface area contributed by atoms with Gasteiger partial charge in [0.2, 0.25) is 5.91 Å². The Labute approximate surface area is 146 Å². The molecule has 2 aromatic carbocycles. The molecule has 0 radical (unpaired) electrons. The zero-order valence-corrected chi connectivity index (χ0v) is 14.2. The average Bonchev–Trinajstić information content (AvgIpc) is 2.95. The summed E-state index contributed by atoms with van der Waals surface area (Å²) in [5.41, 5.74) is 4.02. The van der Waals surface area contributed by atoms with E-state index in [1.807, 2.05) is 32.0 Å². The third kappa shape index (κ3) is 3.53. The predicted octanol–water partition coefficient (Wildman–Crippen LogP) is 2.71. The topological polar surface area (TPSA) is 73.2 Å². The van der Waals surface area contributed by atoms with E-state index in [2.05, 4.69) is 11.4 Å². The molecule has 25 heavy (non-hydrogen) atoms. The molecule has 5 heteroatoms. The summed E-state index contributed by atoms with van der Waals surface area (Å²) >= 11 is 0. The lowest BCUT2D eigenvalue weighted by Crippen LogP contribution is -2.41. The number of nitrogens with zero attached hydrogens (tertiary/aromatic N) is 2. The molecule has 0 saturated carbocycles. The normalized spacial score (nSPS) is 16.6. The van der Waals surface area contributed by atoms with Crippen molar-refractivity contribution in [2.24, 2.45) is 0 Å². The molecule has 2 amide bonds. The summed E-state index contributed by atoms with van der Waals surface area (Å²) < 4.78 is 0. The molecule has 0 unspecified atom stereocenters. The van der Waals surface area contributed by atoms with Crippen LogP contribution < -0.4 is 10.2 Å². The van der Waals surface area contributed by atoms with Gasteiger partial charge in [0, 0.05) is 17.8 Å². The van der Waals surface area contributed by atoms with E-state index >= 15 is 0 Å². The fourth-order valence-corrected chi connectivity index (χ4v) is 3.11. The molecule has 1 saturated heterocycles. The Kier molecular flexibility index (Phi) is 4.53. The summed E-state index contributed by atoms with van der Waals surface area (Å²) in [5.74, 6) is -0.392. The molecule has 1 aliphatic rings. The van der Waals surface area contributed by atoms with Gasteiger partial charge in [-0.2, -0.15) is 5.26 Å². The molecular weight excluding hydrogens is 314 g/mol. The number of rotatable bonds is 3. The average molecular weight is 333 g/mol. The van der Waals surface area contributed by atoms with Crippen molar-refractivity contribution in [3.8, 4) is 6.07 Å². The Bertz CT molecular complexity index is 845. The van der Waals surface area contributed by atoms with Crippen LogP contribution in [0.2, 0.25) is 0 Å². The minimum atomic E-state index is -0.524. The zero-order chi connectivity index (χ0) is 18.0. The van der Waals surface area contributed by atoms with E-state index in [1.54, 1.807) is 29.2 Å². The molecule has 1 fully saturated rings. The Balaban J connectivity index is 1.71. The highest BCUT2D eigenvalue weighted by atomic mass is 16.2. The van der Waals surface area contributed by atoms with Gasteiger partial charge in [-0.25, -0.2) is 0 Å². The molecule has 5 nitrogen and oxygen atoms in total. The molecule has 1 N–H and O–H groups in total. The summed E-state index contributed by atoms with van der Waals surface area (Å²) in [4.78, 5) is 26.7. The number of carbonyl (C=O) groups excluding carboxylic acids is 2. The van der Waals surface area contributed by atoms with Crippen LogP contribution in [0.3, 0.4) is 0 Å². The Morgan fingerprint density at radius 2 is 1.80 bits per heavy atom. The molecule has 0 aliphatic carbocycles. The Morgan fingerprint density at radius 3 is 2.40 bits per heavy atom. The Morgan fingerprint density at radius 1 is 1.16 bits per heavy atom. The van der Waals surface area contributed by atoms with E-state index in [0.717, 1.165) is 16.8 Å². The van der Waals surface area contributed by atoms with Gasteiger partial charge >= 0.3 is 0 Å². The number of hydrogen-bond acceptors (Lipinski definition) is 3. The molecule has 1 heterocycles. The van der Waals surface area contributed by atoms with E-state index < -0.39 is 6.04 Å². The lowest BCUT2D eigenvalue weighted by atomic mass is 10.1. The molecule has 0 spiro atoms. The number of anilines is 1. The van der Waals surface area contributed by atoms with Crippen LogP contribution >= 0.6 is 0 Å². The second-order valence-electron chi connectivity index (χ2n) is 6.34. The van der Waals surface area contributed by atoms with Gasteiger partial charge in [-0.1, -0.05) is 6.07 Å². The molecule has 0 bridgehead atoms. The van der Waals surface area contributed by atoms with E-state index in [9.17, 15) is 9.59 Å². The number of benzene rings is 2. The summed E-state index contributed by atoms with van der Waals surface area (Å²) in [7, 11) is 0. The SMILES string of the molecule is Cc1cc(C)cc(N2CC[C@@H](NC(=O)c3ccc(C#N)cc3)C2=O)c1. The first-order chi connectivity index (χ1) is 12.0. The third-order valence-electron chi connectivity index (χ3n) is 4.31. The first-order valence-electron chi connectivity index (χ1n) is 8.18. The summed E-state index contributed by atoms with van der Waals surface area (Å²) in [6.07, 6.45) is 0.577. The standard InChI is InChI=1S/C20H19N3O2/c1-13-9-14(2)11-17(10-13)23-8-7-18(20(23)25)22-19(24)16-5-3-15(12-21)4-6-16/h3-6,9-11,18H,7-8H2,1-2H3,(H,22,24)/t18-/m1/s1. The van der Waals surface area contributed by atoms with Gasteiger partial charge in [-0.15, -0.1) is 0 Å². The van der Waals surface area contributed by atoms with Gasteiger partial charge in [0.05, 0.1) is 11.6 Å². The minimum Gasteiger partial charge on any atom is -0.340 e. The predicted molar refractivity (Wildman–Crippen MR) is 95.3 cm³/mol. The van der Waals surface area contributed by atoms with Crippen LogP contribution in [-0.2, 0) is 4.79 Å². The fourth-order valence-electron chi connectivity index (χ4n) is 3.11. The molecule has 1 atom stereocenters. The zero-order valence-electron chi connectivity index (χ0n) is 14.2. The van der Waals surface area contributed by atoms with Crippen LogP contribution in [0.15, 0.2) is 42.5 Å². The van der Waals surface area contributed by atoms with E-state index in [4.69, 9.17) is 5.26 Å². The highest BCUT2D eigenvalue weighted by Gasteiger charge is 2.33. The number of carbonyl (C=O) groups is 2. The van der Waals surface area contributed by atoms with Crippen LogP contribution in [0.25, 0.3) is 0 Å². The highest BCUT2D eigenvalue weighted by Crippen LogP contribution is 2.24. The Hall–Kier alpha value is -3.13. The van der Waals surface area contributed by atoms with Crippen LogP contribution in [0, 0.1) is 25.2 Å². The highest BCUT2D eigenvalue weighted by molar-refractivity contribution is 6.04. The van der Waals surface area contributed by atoms with Crippen LogP contribution in [0.1, 0.15) is 33.5 Å². The molecule has 3 rings (SSSR count). The van der Waals surface area contributed by atoms with Gasteiger partial charge in [0.25, 0.3) is 5.91 Å². The molecule has 1 aliphatic heterocycles. The first kappa shape index (κ1) is 16.7. The number of nitriles is 1. The summed E-state index contributed by atoms with van der Waals surface area (Å²) in [6.45, 7) is 4.59. The van der Waals surface area contributed by atoms with Crippen molar-refractivity contribution < 1.29 is 9.59 Å². The smallest absolute Gasteiger partial charge is 0.251 e. The minimum absolute atomic E-state index is 0.0907. The third-order valence-corrected chi connectivity index (χ3v) is 4.31. The maximum absolute atomic E-state index is 12.7. The van der Waals surface area contributed by atoms with Gasteiger partial charge < -0.3 is 10.2 Å². The molecular formula is C20H19N3O2. The number of nitrogens with one attached hydrogen (secondary N) is 1. The van der Waals surface area contributed by atoms with Crippen molar-refractivity contribution in [2.75, 3.05) is 11.4 Å². The van der Waals surface area contributed by atoms with Gasteiger partial charge in [-0.05, 0) is 67.8 Å². The lowest BCUT2D eigenvalue weighted by Gasteiger charge is -2.18. The quantitative estimate of drug-likeness (QED) is 0.938. The second kappa shape index (κ2) is 6.78. The van der Waals surface area contributed by atoms with Gasteiger partial charge in [0.1, 0.15) is 6.04 Å². The van der Waals surface area contributed by atoms with E-state index in [1.165, 1.54) is 0 Å². The van der Waals surface area contributed by atoms with Crippen molar-refractivity contribution in [3.63, 3.8) is 0 Å². The van der Waals surface area contributed by atoms with Gasteiger partial charge in [-0.3, -0.25) is 9.59 Å². The van der Waals surface area contributed by atoms with Crippen LogP contribution in [0.5, 0.6) is 0 Å². The van der Waals surface area contributed by atoms with Gasteiger partial charge in [0.15, 0.2) is 0 Å². The number of amides is 2. The maximum Gasteiger partial charge on any atom is 0.251 e. The lowest BCUT2D eigenvalue weighted by molar-refractivity contribution is -0.118. The van der Waals surface area contributed by atoms with Crippen LogP contribution in [0.4, 0.5) is 5.69 Å². The summed E-state index contributed by atoms with van der Waals surface area (Å²) in [5, 5.41) is 11.6. The van der Waals surface area contributed by atoms with Crippen molar-refractivity contribution in [3.05, 3.63) is 64.7 Å². The molecule has 126 valence electrons. The monoisotopic (exact) mass is 333 g/mol. The van der Waals surface area contributed by atoms with Crippen molar-refractivity contribution in [2.45, 2.75) is 26.3 Å². The number of hydrogen-bond donors (Lipinski definition) is 1. The maximum atomic E-state index is 12.7. The summed E-state index contributed by atoms with van der Waals surface area (Å²) in [6, 6.07) is 13.9. The van der Waals surface area contributed by atoms with E-state index in [0.29, 0.717) is 24.1 Å². The van der Waals surface area contributed by atoms with Crippen molar-refractivity contribution in [1.29, 1.82) is 5.26 Å². The fraction of sp³-hybridized carbons (Fsp3) is 0.250. The first-order valence-corrected chi connectivity index (χ1v) is 8.18. The number of aryl methyl sites for hydroxylation is 2. The molecule has 0 aromatic heterocycles. The van der Waals surface area contributed by atoms with Crippen molar-refractivity contribution >= 4 is 17.5 Å². The largest absolute Gasteiger partial charge is 0.340 e. The van der Waals surface area contributed by atoms with Crippen LogP contribution in [-0.4, -0.2) is 24.4 Å². The molecule has 2 aromatic rings. The van der Waals surface area contributed by atoms with Crippen molar-refractivity contribution in [1.82, 2.24) is 5.32 Å². The second-order valence-corrected chi connectivity index (χ2v) is 6.34. The van der Waals surface area contributed by atoms with E-state index in [-0.39, 0.29) is 11.8 Å².